The number of unbranched alkanes of at least 4 members (excludes halogenated alkanes) is 2. The zero-order valence-corrected chi connectivity index (χ0v) is 14.9. The summed E-state index contributed by atoms with van der Waals surface area (Å²) in [6.07, 6.45) is 2.75. The Morgan fingerprint density at radius 2 is 1.81 bits per heavy atom. The van der Waals surface area contributed by atoms with E-state index in [1.807, 2.05) is 6.92 Å². The Hall–Kier alpha value is -0.200. The van der Waals surface area contributed by atoms with Crippen molar-refractivity contribution in [2.45, 2.75) is 31.1 Å². The van der Waals surface area contributed by atoms with Crippen LogP contribution in [0.15, 0.2) is 11.0 Å². The molecule has 0 bridgehead atoms. The molecule has 0 heterocycles. The third-order valence-corrected chi connectivity index (χ3v) is 5.32. The average Bonchev–Trinajstić information content (AvgIpc) is 2.38. The van der Waals surface area contributed by atoms with Gasteiger partial charge in [-0.05, 0) is 12.5 Å². The molecule has 1 aromatic carbocycles. The van der Waals surface area contributed by atoms with Crippen LogP contribution in [0.25, 0.3) is 0 Å². The number of benzene rings is 1. The minimum Gasteiger partial charge on any atom is -0.352 e. The van der Waals surface area contributed by atoms with E-state index in [2.05, 4.69) is 5.32 Å². The van der Waals surface area contributed by atoms with Crippen molar-refractivity contribution in [1.29, 1.82) is 0 Å². The molecule has 0 atom stereocenters. The van der Waals surface area contributed by atoms with E-state index in [0.29, 0.717) is 6.54 Å². The maximum absolute atomic E-state index is 12.1. The maximum atomic E-state index is 12.1. The van der Waals surface area contributed by atoms with Gasteiger partial charge in [-0.1, -0.05) is 54.6 Å². The van der Waals surface area contributed by atoms with E-state index < -0.39 is 19.9 Å². The highest BCUT2D eigenvalue weighted by molar-refractivity contribution is 8.13. The van der Waals surface area contributed by atoms with E-state index in [-0.39, 0.29) is 20.6 Å². The van der Waals surface area contributed by atoms with Gasteiger partial charge < -0.3 is 5.32 Å². The Kier molecular flexibility index (Phi) is 7.07. The summed E-state index contributed by atoms with van der Waals surface area (Å²) in [6, 6.07) is 1.02. The quantitative estimate of drug-likeness (QED) is 0.440. The molecule has 1 amide bonds. The fraction of sp³-hybridized carbons (Fsp3) is 0.417. The van der Waals surface area contributed by atoms with Crippen molar-refractivity contribution in [3.05, 3.63) is 26.7 Å². The summed E-state index contributed by atoms with van der Waals surface area (Å²) >= 11 is 17.7. The molecule has 21 heavy (non-hydrogen) atoms. The molecule has 0 saturated carbocycles. The van der Waals surface area contributed by atoms with Crippen LogP contribution < -0.4 is 5.32 Å². The molecule has 0 saturated heterocycles. The highest BCUT2D eigenvalue weighted by Gasteiger charge is 2.25. The number of rotatable bonds is 6. The first kappa shape index (κ1) is 18.8. The molecule has 0 aliphatic carbocycles. The van der Waals surface area contributed by atoms with Crippen LogP contribution in [0.5, 0.6) is 0 Å². The topological polar surface area (TPSA) is 63.2 Å². The van der Waals surface area contributed by atoms with Crippen LogP contribution in [0.3, 0.4) is 0 Å². The van der Waals surface area contributed by atoms with Crippen molar-refractivity contribution in [3.8, 4) is 0 Å². The average molecular weight is 393 g/mol. The Morgan fingerprint density at radius 1 is 1.19 bits per heavy atom. The largest absolute Gasteiger partial charge is 0.352 e. The van der Waals surface area contributed by atoms with Gasteiger partial charge in [0.15, 0.2) is 0 Å². The van der Waals surface area contributed by atoms with Gasteiger partial charge in [0.2, 0.25) is 0 Å². The molecule has 0 spiro atoms. The van der Waals surface area contributed by atoms with Crippen molar-refractivity contribution in [3.63, 3.8) is 0 Å². The molecule has 0 aromatic heterocycles. The minimum atomic E-state index is -4.14. The second kappa shape index (κ2) is 7.88. The highest BCUT2D eigenvalue weighted by atomic mass is 35.7. The lowest BCUT2D eigenvalue weighted by molar-refractivity contribution is 0.0953. The molecule has 0 unspecified atom stereocenters. The van der Waals surface area contributed by atoms with Gasteiger partial charge in [-0.3, -0.25) is 4.79 Å². The Morgan fingerprint density at radius 3 is 2.33 bits per heavy atom. The van der Waals surface area contributed by atoms with Gasteiger partial charge >= 0.3 is 0 Å². The van der Waals surface area contributed by atoms with E-state index in [0.717, 1.165) is 25.3 Å². The SMILES string of the molecule is CCCCCNC(=O)c1c(Cl)c(Cl)cc(S(=O)(=O)Cl)c1Cl. The van der Waals surface area contributed by atoms with E-state index in [9.17, 15) is 13.2 Å². The summed E-state index contributed by atoms with van der Waals surface area (Å²) in [5.41, 5.74) is -0.193. The monoisotopic (exact) mass is 391 g/mol. The van der Waals surface area contributed by atoms with Gasteiger partial charge in [0.05, 0.1) is 20.6 Å². The molecule has 0 aliphatic heterocycles. The Balaban J connectivity index is 3.17. The number of hydrogen-bond donors (Lipinski definition) is 1. The van der Waals surface area contributed by atoms with Gasteiger partial charge in [-0.25, -0.2) is 8.42 Å². The van der Waals surface area contributed by atoms with Gasteiger partial charge in [0.25, 0.3) is 15.0 Å². The van der Waals surface area contributed by atoms with E-state index in [1.54, 1.807) is 0 Å². The number of halogens is 4. The third-order valence-electron chi connectivity index (χ3n) is 2.68. The zero-order valence-electron chi connectivity index (χ0n) is 11.1. The molecular formula is C12H13Cl4NO3S. The lowest BCUT2D eigenvalue weighted by Crippen LogP contribution is -2.25. The van der Waals surface area contributed by atoms with Crippen LogP contribution in [0.4, 0.5) is 0 Å². The van der Waals surface area contributed by atoms with Gasteiger partial charge in [0, 0.05) is 17.2 Å². The lowest BCUT2D eigenvalue weighted by atomic mass is 10.2. The second-order valence-corrected chi connectivity index (χ2v) is 7.96. The fourth-order valence-electron chi connectivity index (χ4n) is 1.62. The van der Waals surface area contributed by atoms with Crippen LogP contribution in [0.1, 0.15) is 36.5 Å². The lowest BCUT2D eigenvalue weighted by Gasteiger charge is -2.12. The number of hydrogen-bond acceptors (Lipinski definition) is 3. The first-order valence-electron chi connectivity index (χ1n) is 6.10. The van der Waals surface area contributed by atoms with Crippen molar-refractivity contribution in [1.82, 2.24) is 5.32 Å². The first-order chi connectivity index (χ1) is 9.70. The standard InChI is InChI=1S/C12H13Cl4NO3S/c1-2-3-4-5-17-12(18)9-10(14)7(13)6-8(11(9)15)21(16,19)20/h6H,2-5H2,1H3,(H,17,18). The first-order valence-corrected chi connectivity index (χ1v) is 9.54. The number of amides is 1. The predicted molar refractivity (Wildman–Crippen MR) is 86.4 cm³/mol. The minimum absolute atomic E-state index is 0.112. The molecule has 1 N–H and O–H groups in total. The van der Waals surface area contributed by atoms with Gasteiger partial charge in [-0.2, -0.15) is 0 Å². The number of nitrogens with one attached hydrogen (secondary N) is 1. The van der Waals surface area contributed by atoms with Gasteiger partial charge in [0.1, 0.15) is 4.90 Å². The summed E-state index contributed by atoms with van der Waals surface area (Å²) < 4.78 is 22.9. The van der Waals surface area contributed by atoms with Crippen molar-refractivity contribution >= 4 is 60.4 Å². The normalized spacial score (nSPS) is 11.5. The van der Waals surface area contributed by atoms with E-state index in [4.69, 9.17) is 45.5 Å². The highest BCUT2D eigenvalue weighted by Crippen LogP contribution is 2.37. The van der Waals surface area contributed by atoms with E-state index in [1.165, 1.54) is 0 Å². The van der Waals surface area contributed by atoms with Crippen LogP contribution in [-0.4, -0.2) is 20.9 Å². The molecular weight excluding hydrogens is 380 g/mol. The third kappa shape index (κ3) is 4.89. The van der Waals surface area contributed by atoms with Crippen LogP contribution in [-0.2, 0) is 9.05 Å². The molecule has 1 aromatic rings. The van der Waals surface area contributed by atoms with Crippen molar-refractivity contribution in [2.24, 2.45) is 0 Å². The van der Waals surface area contributed by atoms with Crippen LogP contribution in [0.2, 0.25) is 15.1 Å². The van der Waals surface area contributed by atoms with Crippen molar-refractivity contribution < 1.29 is 13.2 Å². The molecule has 0 radical (unpaired) electrons. The predicted octanol–water partition coefficient (Wildman–Crippen LogP) is 4.49. The number of carbonyl (C=O) groups excluding carboxylic acids is 1. The van der Waals surface area contributed by atoms with Crippen molar-refractivity contribution in [2.75, 3.05) is 6.54 Å². The zero-order chi connectivity index (χ0) is 16.2. The maximum Gasteiger partial charge on any atom is 0.262 e. The van der Waals surface area contributed by atoms with Crippen LogP contribution >= 0.6 is 45.5 Å². The summed E-state index contributed by atoms with van der Waals surface area (Å²) in [4.78, 5) is 11.7. The Labute approximate surface area is 143 Å². The number of carbonyl (C=O) groups is 1. The summed E-state index contributed by atoms with van der Waals surface area (Å²) in [7, 11) is 1.12. The van der Waals surface area contributed by atoms with E-state index >= 15 is 0 Å². The summed E-state index contributed by atoms with van der Waals surface area (Å²) in [5, 5.41) is 2.05. The smallest absolute Gasteiger partial charge is 0.262 e. The van der Waals surface area contributed by atoms with Crippen LogP contribution in [0, 0.1) is 0 Å². The molecule has 118 valence electrons. The Bertz CT molecular complexity index is 646. The summed E-state index contributed by atoms with van der Waals surface area (Å²) in [5.74, 6) is -0.592. The fourth-order valence-corrected chi connectivity index (χ4v) is 3.77. The molecule has 0 aliphatic rings. The van der Waals surface area contributed by atoms with Gasteiger partial charge in [-0.15, -0.1) is 0 Å². The molecule has 4 nitrogen and oxygen atoms in total. The summed E-state index contributed by atoms with van der Waals surface area (Å²) in [6.45, 7) is 2.46. The molecule has 9 heteroatoms. The molecule has 1 rings (SSSR count). The molecule has 0 fully saturated rings. The second-order valence-electron chi connectivity index (χ2n) is 4.26.